The molecule has 0 radical (unpaired) electrons. The molecule has 0 amide bonds. The van der Waals surface area contributed by atoms with Crippen LogP contribution in [0.3, 0.4) is 0 Å². The Bertz CT molecular complexity index is 457. The van der Waals surface area contributed by atoms with Crippen LogP contribution in [0.15, 0.2) is 18.2 Å². The number of hydrogen-bond acceptors (Lipinski definition) is 4. The largest absolute Gasteiger partial charge is 0.493 e. The predicted molar refractivity (Wildman–Crippen MR) is 74.7 cm³/mol. The molecule has 4 nitrogen and oxygen atoms in total. The second-order valence-electron chi connectivity index (χ2n) is 5.27. The summed E-state index contributed by atoms with van der Waals surface area (Å²) in [5.41, 5.74) is 0.998. The van der Waals surface area contributed by atoms with E-state index in [9.17, 15) is 8.78 Å². The minimum Gasteiger partial charge on any atom is -0.493 e. The number of benzene rings is 1. The molecule has 1 aliphatic rings. The van der Waals surface area contributed by atoms with Gasteiger partial charge >= 0.3 is 6.61 Å². The van der Waals surface area contributed by atoms with Crippen LogP contribution in [0.2, 0.25) is 0 Å². The molecule has 1 unspecified atom stereocenters. The van der Waals surface area contributed by atoms with Gasteiger partial charge in [0.25, 0.3) is 0 Å². The molecule has 1 heterocycles. The molecule has 0 spiro atoms. The highest BCUT2D eigenvalue weighted by Gasteiger charge is 2.22. The van der Waals surface area contributed by atoms with Gasteiger partial charge in [-0.1, -0.05) is 6.07 Å². The van der Waals surface area contributed by atoms with Gasteiger partial charge in [0.15, 0.2) is 11.5 Å². The number of ether oxygens (including phenoxy) is 2. The Morgan fingerprint density at radius 2 is 2.19 bits per heavy atom. The highest BCUT2D eigenvalue weighted by Crippen LogP contribution is 2.30. The fourth-order valence-corrected chi connectivity index (χ4v) is 2.74. The summed E-state index contributed by atoms with van der Waals surface area (Å²) in [4.78, 5) is 2.29. The number of likely N-dealkylation sites (tertiary alicyclic amines) is 1. The summed E-state index contributed by atoms with van der Waals surface area (Å²) >= 11 is 0. The molecule has 1 saturated heterocycles. The average molecular weight is 301 g/mol. The maximum Gasteiger partial charge on any atom is 0.387 e. The maximum absolute atomic E-state index is 12.3. The molecule has 0 aliphatic carbocycles. The van der Waals surface area contributed by atoms with Crippen LogP contribution in [-0.4, -0.2) is 43.4 Å². The lowest BCUT2D eigenvalue weighted by molar-refractivity contribution is -0.0512. The van der Waals surface area contributed by atoms with Gasteiger partial charge in [0, 0.05) is 19.7 Å². The lowest BCUT2D eigenvalue weighted by Crippen LogP contribution is -2.20. The first-order valence-corrected chi connectivity index (χ1v) is 7.07. The van der Waals surface area contributed by atoms with Crippen LogP contribution >= 0.6 is 0 Å². The molecular weight excluding hydrogens is 280 g/mol. The lowest BCUT2D eigenvalue weighted by Gasteiger charge is -2.17. The Hall–Kier alpha value is -1.40. The number of alkyl halides is 2. The Kier molecular flexibility index (Phi) is 5.76. The van der Waals surface area contributed by atoms with E-state index in [1.54, 1.807) is 12.1 Å². The molecular formula is C15H21F2NO3. The van der Waals surface area contributed by atoms with Gasteiger partial charge in [0.2, 0.25) is 0 Å². The quantitative estimate of drug-likeness (QED) is 0.840. The van der Waals surface area contributed by atoms with E-state index in [4.69, 9.17) is 9.84 Å². The van der Waals surface area contributed by atoms with Gasteiger partial charge in [0.05, 0.1) is 7.11 Å². The van der Waals surface area contributed by atoms with E-state index in [2.05, 4.69) is 9.64 Å². The smallest absolute Gasteiger partial charge is 0.387 e. The van der Waals surface area contributed by atoms with Crippen molar-refractivity contribution in [2.24, 2.45) is 5.92 Å². The van der Waals surface area contributed by atoms with Gasteiger partial charge in [-0.05, 0) is 43.0 Å². The zero-order valence-electron chi connectivity index (χ0n) is 12.1. The molecule has 118 valence electrons. The Labute approximate surface area is 123 Å². The third kappa shape index (κ3) is 4.54. The van der Waals surface area contributed by atoms with Gasteiger partial charge < -0.3 is 14.6 Å². The molecule has 6 heteroatoms. The average Bonchev–Trinajstić information content (AvgIpc) is 2.87. The normalized spacial score (nSPS) is 19.2. The monoisotopic (exact) mass is 301 g/mol. The summed E-state index contributed by atoms with van der Waals surface area (Å²) in [7, 11) is 1.44. The highest BCUT2D eigenvalue weighted by molar-refractivity contribution is 5.43. The van der Waals surface area contributed by atoms with Crippen molar-refractivity contribution in [3.8, 4) is 11.5 Å². The van der Waals surface area contributed by atoms with Gasteiger partial charge in [-0.25, -0.2) is 0 Å². The zero-order chi connectivity index (χ0) is 15.2. The number of aliphatic hydroxyl groups is 1. The molecule has 1 aromatic carbocycles. The molecule has 0 aromatic heterocycles. The van der Waals surface area contributed by atoms with Gasteiger partial charge in [-0.15, -0.1) is 0 Å². The third-order valence-electron chi connectivity index (χ3n) is 3.76. The van der Waals surface area contributed by atoms with Crippen LogP contribution in [0.25, 0.3) is 0 Å². The molecule has 0 saturated carbocycles. The fourth-order valence-electron chi connectivity index (χ4n) is 2.74. The Morgan fingerprint density at radius 1 is 1.38 bits per heavy atom. The number of hydrogen-bond donors (Lipinski definition) is 1. The van der Waals surface area contributed by atoms with Crippen LogP contribution < -0.4 is 9.47 Å². The SMILES string of the molecule is COc1cc(CN2CCC(CCO)C2)ccc1OC(F)F. The number of halogens is 2. The fraction of sp³-hybridized carbons (Fsp3) is 0.600. The maximum atomic E-state index is 12.3. The summed E-state index contributed by atoms with van der Waals surface area (Å²) in [6.07, 6.45) is 1.92. The molecule has 2 rings (SSSR count). The van der Waals surface area contributed by atoms with E-state index >= 15 is 0 Å². The molecule has 21 heavy (non-hydrogen) atoms. The third-order valence-corrected chi connectivity index (χ3v) is 3.76. The molecule has 1 atom stereocenters. The van der Waals surface area contributed by atoms with E-state index in [1.165, 1.54) is 13.2 Å². The van der Waals surface area contributed by atoms with Crippen LogP contribution in [0.1, 0.15) is 18.4 Å². The van der Waals surface area contributed by atoms with Crippen LogP contribution in [0.4, 0.5) is 8.78 Å². The first-order chi connectivity index (χ1) is 10.1. The molecule has 1 aliphatic heterocycles. The van der Waals surface area contributed by atoms with Gasteiger partial charge in [-0.3, -0.25) is 4.90 Å². The molecule has 1 fully saturated rings. The molecule has 0 bridgehead atoms. The van der Waals surface area contributed by atoms with Crippen LogP contribution in [0, 0.1) is 5.92 Å². The predicted octanol–water partition coefficient (Wildman–Crippen LogP) is 2.50. The van der Waals surface area contributed by atoms with Crippen molar-refractivity contribution in [1.29, 1.82) is 0 Å². The van der Waals surface area contributed by atoms with E-state index in [-0.39, 0.29) is 12.4 Å². The Balaban J connectivity index is 1.98. The van der Waals surface area contributed by atoms with E-state index in [1.807, 2.05) is 0 Å². The van der Waals surface area contributed by atoms with Crippen molar-refractivity contribution < 1.29 is 23.4 Å². The van der Waals surface area contributed by atoms with Crippen LogP contribution in [0.5, 0.6) is 11.5 Å². The van der Waals surface area contributed by atoms with Crippen molar-refractivity contribution >= 4 is 0 Å². The first-order valence-electron chi connectivity index (χ1n) is 7.07. The zero-order valence-corrected chi connectivity index (χ0v) is 12.1. The lowest BCUT2D eigenvalue weighted by atomic mass is 10.1. The number of nitrogens with zero attached hydrogens (tertiary/aromatic N) is 1. The van der Waals surface area contributed by atoms with E-state index in [0.29, 0.717) is 11.7 Å². The number of aliphatic hydroxyl groups excluding tert-OH is 1. The minimum atomic E-state index is -2.86. The second-order valence-corrected chi connectivity index (χ2v) is 5.27. The van der Waals surface area contributed by atoms with Crippen molar-refractivity contribution in [2.75, 3.05) is 26.8 Å². The summed E-state index contributed by atoms with van der Waals surface area (Å²) in [5, 5.41) is 8.96. The minimum absolute atomic E-state index is 0.0517. The van der Waals surface area contributed by atoms with Crippen molar-refractivity contribution in [2.45, 2.75) is 26.0 Å². The van der Waals surface area contributed by atoms with Crippen molar-refractivity contribution in [1.82, 2.24) is 4.90 Å². The Morgan fingerprint density at radius 3 is 2.86 bits per heavy atom. The van der Waals surface area contributed by atoms with Gasteiger partial charge in [-0.2, -0.15) is 8.78 Å². The van der Waals surface area contributed by atoms with Gasteiger partial charge in [0.1, 0.15) is 0 Å². The summed E-state index contributed by atoms with van der Waals surface area (Å²) in [6.45, 7) is 0.0576. The van der Waals surface area contributed by atoms with E-state index in [0.717, 1.165) is 38.0 Å². The number of methoxy groups -OCH3 is 1. The molecule has 1 aromatic rings. The second kappa shape index (κ2) is 7.56. The first kappa shape index (κ1) is 16.0. The summed E-state index contributed by atoms with van der Waals surface area (Å²) < 4.78 is 34.1. The highest BCUT2D eigenvalue weighted by atomic mass is 19.3. The van der Waals surface area contributed by atoms with Crippen molar-refractivity contribution in [3.63, 3.8) is 0 Å². The van der Waals surface area contributed by atoms with Crippen molar-refractivity contribution in [3.05, 3.63) is 23.8 Å². The topological polar surface area (TPSA) is 41.9 Å². The van der Waals surface area contributed by atoms with E-state index < -0.39 is 6.61 Å². The summed E-state index contributed by atoms with van der Waals surface area (Å²) in [5.74, 6) is 0.910. The molecule has 1 N–H and O–H groups in total. The van der Waals surface area contributed by atoms with Crippen LogP contribution in [-0.2, 0) is 6.54 Å². The number of rotatable bonds is 7. The standard InChI is InChI=1S/C15H21F2NO3/c1-20-14-8-12(2-3-13(14)21-15(16)17)10-18-6-4-11(9-18)5-7-19/h2-3,8,11,15,19H,4-7,9-10H2,1H3. The summed E-state index contributed by atoms with van der Waals surface area (Å²) in [6, 6.07) is 5.03.